The maximum Gasteiger partial charge on any atom is 0.116 e. The number of rotatable bonds is 2. The van der Waals surface area contributed by atoms with Gasteiger partial charge in [0.25, 0.3) is 0 Å². The molecule has 0 heterocycles. The highest BCUT2D eigenvalue weighted by Gasteiger charge is 2.32. The second-order valence-electron chi connectivity index (χ2n) is 6.66. The second-order valence-corrected chi connectivity index (χ2v) is 6.66. The van der Waals surface area contributed by atoms with Gasteiger partial charge in [-0.3, -0.25) is 0 Å². The summed E-state index contributed by atoms with van der Waals surface area (Å²) in [4.78, 5) is 0. The third-order valence-corrected chi connectivity index (χ3v) is 4.99. The molecule has 0 saturated heterocycles. The number of hydrogen-bond donors (Lipinski definition) is 2. The Bertz CT molecular complexity index is 822. The highest BCUT2D eigenvalue weighted by molar-refractivity contribution is 6.35. The van der Waals surface area contributed by atoms with Crippen LogP contribution in [-0.4, -0.2) is 22.1 Å². The molecule has 3 nitrogen and oxygen atoms in total. The first-order valence-electron chi connectivity index (χ1n) is 8.21. The van der Waals surface area contributed by atoms with Gasteiger partial charge in [-0.15, -0.1) is 0 Å². The highest BCUT2D eigenvalue weighted by atomic mass is 16.4. The van der Waals surface area contributed by atoms with Crippen LogP contribution in [0.4, 0.5) is 0 Å². The molecule has 0 amide bonds. The van der Waals surface area contributed by atoms with Gasteiger partial charge in [0.05, 0.1) is 0 Å². The molecule has 1 unspecified atom stereocenters. The van der Waals surface area contributed by atoms with Crippen molar-refractivity contribution in [1.29, 1.82) is 0 Å². The molecule has 1 aliphatic rings. The molecule has 0 saturated carbocycles. The monoisotopic (exact) mass is 321 g/mol. The van der Waals surface area contributed by atoms with E-state index in [-0.39, 0.29) is 0 Å². The average molecular weight is 321 g/mol. The predicted octanol–water partition coefficient (Wildman–Crippen LogP) is 4.43. The summed E-state index contributed by atoms with van der Waals surface area (Å²) in [7, 11) is 0. The normalized spacial score (nSPS) is 19.4. The summed E-state index contributed by atoms with van der Waals surface area (Å²) in [6, 6.07) is 12.5. The minimum atomic E-state index is -0.775. The lowest BCUT2D eigenvalue weighted by molar-refractivity contribution is 0.240. The van der Waals surface area contributed by atoms with Crippen molar-refractivity contribution in [1.82, 2.24) is 0 Å². The number of aryl methyl sites for hydroxylation is 3. The summed E-state index contributed by atoms with van der Waals surface area (Å²) in [5.74, 6) is 0. The SMILES string of the molecule is Cc1ccc(C2=C(c3cc(C)c(C)c(C)c3)/C(=N\O)C(O)C2)cc1. The molecular formula is C21H23NO2. The van der Waals surface area contributed by atoms with Gasteiger partial charge in [-0.05, 0) is 61.1 Å². The van der Waals surface area contributed by atoms with E-state index < -0.39 is 6.10 Å². The lowest BCUT2D eigenvalue weighted by atomic mass is 9.92. The molecule has 24 heavy (non-hydrogen) atoms. The van der Waals surface area contributed by atoms with Gasteiger partial charge in [-0.1, -0.05) is 47.1 Å². The largest absolute Gasteiger partial charge is 0.411 e. The first-order valence-corrected chi connectivity index (χ1v) is 8.21. The Hall–Kier alpha value is -2.39. The van der Waals surface area contributed by atoms with Crippen molar-refractivity contribution in [3.63, 3.8) is 0 Å². The molecule has 0 fully saturated rings. The summed E-state index contributed by atoms with van der Waals surface area (Å²) >= 11 is 0. The quantitative estimate of drug-likeness (QED) is 0.635. The van der Waals surface area contributed by atoms with Crippen LogP contribution in [-0.2, 0) is 0 Å². The Labute approximate surface area is 143 Å². The molecular weight excluding hydrogens is 298 g/mol. The summed E-state index contributed by atoms with van der Waals surface area (Å²) in [5.41, 5.74) is 9.12. The number of hydrogen-bond acceptors (Lipinski definition) is 3. The lowest BCUT2D eigenvalue weighted by Crippen LogP contribution is -2.15. The van der Waals surface area contributed by atoms with E-state index in [1.807, 2.05) is 0 Å². The van der Waals surface area contributed by atoms with E-state index in [1.54, 1.807) is 0 Å². The summed E-state index contributed by atoms with van der Waals surface area (Å²) in [6.45, 7) is 8.32. The molecule has 124 valence electrons. The Kier molecular flexibility index (Phi) is 4.29. The standard InChI is InChI=1S/C21H23NO2/c1-12-5-7-16(8-6-12)18-11-19(23)21(22-24)20(18)17-9-13(2)15(4)14(3)10-17/h5-10,19,23-24H,11H2,1-4H3/b22-21-. The zero-order chi connectivity index (χ0) is 17.4. The van der Waals surface area contributed by atoms with E-state index in [4.69, 9.17) is 0 Å². The van der Waals surface area contributed by atoms with E-state index in [9.17, 15) is 10.3 Å². The van der Waals surface area contributed by atoms with E-state index >= 15 is 0 Å². The van der Waals surface area contributed by atoms with Gasteiger partial charge in [0.15, 0.2) is 0 Å². The Balaban J connectivity index is 2.25. The molecule has 2 N–H and O–H groups in total. The van der Waals surface area contributed by atoms with Crippen molar-refractivity contribution in [2.75, 3.05) is 0 Å². The molecule has 0 aliphatic heterocycles. The minimum Gasteiger partial charge on any atom is -0.411 e. The summed E-state index contributed by atoms with van der Waals surface area (Å²) in [5, 5.41) is 23.2. The third kappa shape index (κ3) is 2.76. The van der Waals surface area contributed by atoms with Crippen LogP contribution in [0, 0.1) is 27.7 Å². The first-order chi connectivity index (χ1) is 11.4. The first kappa shape index (κ1) is 16.5. The van der Waals surface area contributed by atoms with Crippen molar-refractivity contribution < 1.29 is 10.3 Å². The van der Waals surface area contributed by atoms with Crippen molar-refractivity contribution in [2.45, 2.75) is 40.2 Å². The van der Waals surface area contributed by atoms with Crippen LogP contribution in [0.25, 0.3) is 11.1 Å². The number of benzene rings is 2. The van der Waals surface area contributed by atoms with Crippen molar-refractivity contribution in [3.8, 4) is 0 Å². The molecule has 2 aromatic carbocycles. The molecule has 0 bridgehead atoms. The van der Waals surface area contributed by atoms with Gasteiger partial charge >= 0.3 is 0 Å². The molecule has 1 atom stereocenters. The number of oxime groups is 1. The summed E-state index contributed by atoms with van der Waals surface area (Å²) < 4.78 is 0. The maximum absolute atomic E-state index is 10.4. The van der Waals surface area contributed by atoms with E-state index in [2.05, 4.69) is 69.2 Å². The minimum absolute atomic E-state index is 0.355. The lowest BCUT2D eigenvalue weighted by Gasteiger charge is -2.13. The third-order valence-electron chi connectivity index (χ3n) is 4.99. The van der Waals surface area contributed by atoms with E-state index in [1.165, 1.54) is 22.3 Å². The van der Waals surface area contributed by atoms with Gasteiger partial charge in [-0.2, -0.15) is 0 Å². The van der Waals surface area contributed by atoms with Gasteiger partial charge in [-0.25, -0.2) is 0 Å². The van der Waals surface area contributed by atoms with Gasteiger partial charge in [0.1, 0.15) is 11.8 Å². The topological polar surface area (TPSA) is 52.8 Å². The van der Waals surface area contributed by atoms with Crippen LogP contribution in [0.2, 0.25) is 0 Å². The van der Waals surface area contributed by atoms with Gasteiger partial charge < -0.3 is 10.3 Å². The van der Waals surface area contributed by atoms with E-state index in [0.717, 1.165) is 22.3 Å². The molecule has 1 aliphatic carbocycles. The molecule has 3 rings (SSSR count). The molecule has 2 aromatic rings. The van der Waals surface area contributed by atoms with Crippen LogP contribution < -0.4 is 0 Å². The van der Waals surface area contributed by atoms with Crippen LogP contribution in [0.3, 0.4) is 0 Å². The molecule has 3 heteroatoms. The van der Waals surface area contributed by atoms with Crippen LogP contribution in [0.1, 0.15) is 39.8 Å². The van der Waals surface area contributed by atoms with Gasteiger partial charge in [0.2, 0.25) is 0 Å². The van der Waals surface area contributed by atoms with Gasteiger partial charge in [0, 0.05) is 12.0 Å². The maximum atomic E-state index is 10.4. The number of aliphatic hydroxyl groups is 1. The van der Waals surface area contributed by atoms with Crippen molar-refractivity contribution in [3.05, 3.63) is 69.8 Å². The fourth-order valence-corrected chi connectivity index (χ4v) is 3.35. The van der Waals surface area contributed by atoms with Crippen LogP contribution >= 0.6 is 0 Å². The number of aliphatic hydroxyl groups excluding tert-OH is 1. The van der Waals surface area contributed by atoms with Crippen LogP contribution in [0.15, 0.2) is 41.6 Å². The summed E-state index contributed by atoms with van der Waals surface area (Å²) in [6.07, 6.45) is -0.313. The highest BCUT2D eigenvalue weighted by Crippen LogP contribution is 2.39. The van der Waals surface area contributed by atoms with Crippen molar-refractivity contribution >= 4 is 16.9 Å². The molecule has 0 spiro atoms. The zero-order valence-corrected chi connectivity index (χ0v) is 14.6. The Morgan fingerprint density at radius 3 is 2.04 bits per heavy atom. The Morgan fingerprint density at radius 2 is 1.50 bits per heavy atom. The van der Waals surface area contributed by atoms with E-state index in [0.29, 0.717) is 12.1 Å². The molecule has 0 aromatic heterocycles. The fourth-order valence-electron chi connectivity index (χ4n) is 3.35. The second kappa shape index (κ2) is 6.25. The van der Waals surface area contributed by atoms with Crippen LogP contribution in [0.5, 0.6) is 0 Å². The average Bonchev–Trinajstić information content (AvgIpc) is 2.89. The Morgan fingerprint density at radius 1 is 0.917 bits per heavy atom. The predicted molar refractivity (Wildman–Crippen MR) is 98.5 cm³/mol. The number of nitrogens with zero attached hydrogens (tertiary/aromatic N) is 1. The van der Waals surface area contributed by atoms with Crippen molar-refractivity contribution in [2.24, 2.45) is 5.16 Å². The zero-order valence-electron chi connectivity index (χ0n) is 14.6. The molecule has 0 radical (unpaired) electrons. The fraction of sp³-hybridized carbons (Fsp3) is 0.286. The smallest absolute Gasteiger partial charge is 0.116 e.